The minimum atomic E-state index is 0. The van der Waals surface area contributed by atoms with Crippen molar-refractivity contribution in [3.8, 4) is 0 Å². The van der Waals surface area contributed by atoms with Gasteiger partial charge in [-0.05, 0) is 0 Å². The molecule has 4 nitrogen and oxygen atoms in total. The van der Waals surface area contributed by atoms with Gasteiger partial charge < -0.3 is 16.4 Å². The summed E-state index contributed by atoms with van der Waals surface area (Å²) in [6.07, 6.45) is 0. The van der Waals surface area contributed by atoms with E-state index in [-0.39, 0.29) is 33.8 Å². The maximum absolute atomic E-state index is 7.83. The molecule has 0 fully saturated rings. The Morgan fingerprint density at radius 3 is 0.833 bits per heavy atom. The first-order valence-corrected chi connectivity index (χ1v) is 0.500. The largest absolute Gasteiger partial charge is 3.00 e. The van der Waals surface area contributed by atoms with E-state index in [1.807, 2.05) is 0 Å². The summed E-state index contributed by atoms with van der Waals surface area (Å²) in [4.78, 5) is 0. The maximum atomic E-state index is 7.83. The van der Waals surface area contributed by atoms with Crippen LogP contribution in [0.2, 0.25) is 0 Å². The molecule has 0 radical (unpaired) electrons. The third kappa shape index (κ3) is 279. The average Bonchev–Trinajstić information content (AvgIpc) is 1.00. The maximum Gasteiger partial charge on any atom is 3.00 e. The summed E-state index contributed by atoms with van der Waals surface area (Å²) < 4.78 is 7.83. The minimum Gasteiger partial charge on any atom is -0.870 e. The van der Waals surface area contributed by atoms with Gasteiger partial charge in [-0.1, -0.05) is 0 Å². The first-order valence-electron chi connectivity index (χ1n) is 0.167. The minimum absolute atomic E-state index is 0. The first kappa shape index (κ1) is 92.5. The quantitative estimate of drug-likeness (QED) is 0.377. The number of rotatable bonds is 0. The molecule has 36 valence electrons. The van der Waals surface area contributed by atoms with Gasteiger partial charge in [0.05, 0.1) is 0 Å². The molecular formula is H3AlO4S. The summed E-state index contributed by atoms with van der Waals surface area (Å²) in [7, 11) is 0. The van der Waals surface area contributed by atoms with Gasteiger partial charge in [-0.15, -0.1) is 0 Å². The van der Waals surface area contributed by atoms with Crippen LogP contribution in [0.1, 0.15) is 0 Å². The van der Waals surface area contributed by atoms with Crippen LogP contribution in [0.15, 0.2) is 0 Å². The fourth-order valence-corrected chi connectivity index (χ4v) is 0. The zero-order chi connectivity index (χ0) is 2.00. The molecule has 6 heteroatoms. The van der Waals surface area contributed by atoms with Crippen LogP contribution in [0, 0.1) is 0 Å². The smallest absolute Gasteiger partial charge is 0.870 e. The summed E-state index contributed by atoms with van der Waals surface area (Å²) >= 11 is 2.83. The normalized spacial score (nSPS) is 0.667. The molecule has 0 aliphatic carbocycles. The topological polar surface area (TPSA) is 107 Å². The Kier molecular flexibility index (Phi) is 8800. The third-order valence-electron chi connectivity index (χ3n) is 0. The SMILES string of the molecule is O=S.[Al+3].[OH-].[OH-].[OH-]. The van der Waals surface area contributed by atoms with E-state index in [0.29, 0.717) is 0 Å². The van der Waals surface area contributed by atoms with Crippen molar-refractivity contribution in [3.63, 3.8) is 0 Å². The Hall–Kier alpha value is 0.432. The predicted molar refractivity (Wildman–Crippen MR) is 19.7 cm³/mol. The van der Waals surface area contributed by atoms with Crippen LogP contribution in [-0.4, -0.2) is 38.0 Å². The predicted octanol–water partition coefficient (Wildman–Crippen LogP) is -1.25. The van der Waals surface area contributed by atoms with Crippen LogP contribution in [0.5, 0.6) is 0 Å². The molecule has 0 unspecified atom stereocenters. The third-order valence-corrected chi connectivity index (χ3v) is 0. The van der Waals surface area contributed by atoms with Crippen LogP contribution in [-0.2, 0) is 12.5 Å². The molecule has 0 rings (SSSR count). The molecular weight excluding hydrogens is 123 g/mol. The summed E-state index contributed by atoms with van der Waals surface area (Å²) in [5, 5.41) is 0. The fraction of sp³-hybridized carbons (Fsp3) is 0. The average molecular weight is 126 g/mol. The van der Waals surface area contributed by atoms with Gasteiger partial charge in [0.15, 0.2) is 12.5 Å². The molecule has 0 aromatic heterocycles. The van der Waals surface area contributed by atoms with Gasteiger partial charge in [-0.2, -0.15) is 4.21 Å². The van der Waals surface area contributed by atoms with Gasteiger partial charge >= 0.3 is 17.4 Å². The van der Waals surface area contributed by atoms with Crippen LogP contribution in [0.4, 0.5) is 0 Å². The number of hydrogen-bond donors (Lipinski definition) is 0. The van der Waals surface area contributed by atoms with Crippen molar-refractivity contribution in [3.05, 3.63) is 0 Å². The van der Waals surface area contributed by atoms with Gasteiger partial charge in [0.2, 0.25) is 0 Å². The van der Waals surface area contributed by atoms with E-state index in [1.165, 1.54) is 0 Å². The van der Waals surface area contributed by atoms with E-state index < -0.39 is 0 Å². The first-order chi connectivity index (χ1) is 1.00. The van der Waals surface area contributed by atoms with Crippen molar-refractivity contribution in [2.45, 2.75) is 0 Å². The Balaban J connectivity index is -0.000000000833. The van der Waals surface area contributed by atoms with Gasteiger partial charge in [-0.3, -0.25) is 0 Å². The summed E-state index contributed by atoms with van der Waals surface area (Å²) in [6.45, 7) is 0. The van der Waals surface area contributed by atoms with Crippen LogP contribution in [0.3, 0.4) is 0 Å². The van der Waals surface area contributed by atoms with E-state index in [9.17, 15) is 0 Å². The van der Waals surface area contributed by atoms with E-state index in [2.05, 4.69) is 12.5 Å². The molecule has 0 heterocycles. The van der Waals surface area contributed by atoms with E-state index >= 15 is 0 Å². The van der Waals surface area contributed by atoms with Gasteiger partial charge in [-0.25, -0.2) is 0 Å². The molecule has 0 saturated heterocycles. The van der Waals surface area contributed by atoms with Crippen molar-refractivity contribution in [2.75, 3.05) is 0 Å². The van der Waals surface area contributed by atoms with E-state index in [0.717, 1.165) is 0 Å². The van der Waals surface area contributed by atoms with Crippen molar-refractivity contribution in [1.29, 1.82) is 0 Å². The molecule has 0 aliphatic heterocycles. The standard InChI is InChI=1S/Al.OS.3H2O/c;1-2;;;/h;;3*1H2/q+3;;;;/p-3. The Bertz CT molecular complexity index is 7.51. The zero-order valence-corrected chi connectivity index (χ0v) is 4.71. The van der Waals surface area contributed by atoms with Crippen molar-refractivity contribution in [1.82, 2.24) is 0 Å². The van der Waals surface area contributed by atoms with Gasteiger partial charge in [0.1, 0.15) is 0 Å². The molecule has 0 bridgehead atoms. The summed E-state index contributed by atoms with van der Waals surface area (Å²) in [5.74, 6) is 0. The monoisotopic (exact) mass is 126 g/mol. The number of hydrogen-bond acceptors (Lipinski definition) is 5. The second kappa shape index (κ2) is 571. The molecule has 3 N–H and O–H groups in total. The van der Waals surface area contributed by atoms with Crippen molar-refractivity contribution < 1.29 is 20.6 Å². The van der Waals surface area contributed by atoms with Crippen LogP contribution in [0.25, 0.3) is 0 Å². The van der Waals surface area contributed by atoms with Gasteiger partial charge in [0, 0.05) is 0 Å². The summed E-state index contributed by atoms with van der Waals surface area (Å²) in [5.41, 5.74) is 0. The van der Waals surface area contributed by atoms with Crippen LogP contribution < -0.4 is 0 Å². The molecule has 0 amide bonds. The zero-order valence-electron chi connectivity index (χ0n) is 2.74. The molecule has 0 aliphatic rings. The molecule has 0 atom stereocenters. The Morgan fingerprint density at radius 2 is 0.833 bits per heavy atom. The van der Waals surface area contributed by atoms with Crippen LogP contribution >= 0.6 is 0 Å². The second-order valence-electron chi connectivity index (χ2n) is 0. The van der Waals surface area contributed by atoms with Crippen molar-refractivity contribution >= 4 is 29.9 Å². The summed E-state index contributed by atoms with van der Waals surface area (Å²) in [6, 6.07) is 0. The van der Waals surface area contributed by atoms with E-state index in [1.54, 1.807) is 0 Å². The molecule has 0 spiro atoms. The molecule has 0 saturated carbocycles. The molecule has 0 aromatic rings. The van der Waals surface area contributed by atoms with E-state index in [4.69, 9.17) is 4.21 Å². The Labute approximate surface area is 51.1 Å². The van der Waals surface area contributed by atoms with Gasteiger partial charge in [0.25, 0.3) is 0 Å². The Morgan fingerprint density at radius 1 is 0.833 bits per heavy atom. The fourth-order valence-electron chi connectivity index (χ4n) is 0. The van der Waals surface area contributed by atoms with Crippen molar-refractivity contribution in [2.24, 2.45) is 0 Å². The molecule has 6 heavy (non-hydrogen) atoms. The second-order valence-corrected chi connectivity index (χ2v) is 0. The molecule has 0 aromatic carbocycles.